The molecule has 0 saturated heterocycles. The number of nitrogens with one attached hydrogen (secondary N) is 1. The van der Waals surface area contributed by atoms with Gasteiger partial charge in [-0.3, -0.25) is 9.52 Å². The van der Waals surface area contributed by atoms with Gasteiger partial charge in [0, 0.05) is 16.8 Å². The molecule has 0 spiro atoms. The molecule has 0 bridgehead atoms. The van der Waals surface area contributed by atoms with E-state index in [9.17, 15) is 13.2 Å². The van der Waals surface area contributed by atoms with Crippen molar-refractivity contribution in [3.63, 3.8) is 0 Å². The molecule has 1 heterocycles. The van der Waals surface area contributed by atoms with Crippen molar-refractivity contribution in [3.8, 4) is 11.5 Å². The van der Waals surface area contributed by atoms with Gasteiger partial charge in [-0.2, -0.15) is 0 Å². The molecule has 28 heavy (non-hydrogen) atoms. The molecule has 0 aliphatic carbocycles. The van der Waals surface area contributed by atoms with E-state index in [-0.39, 0.29) is 17.3 Å². The summed E-state index contributed by atoms with van der Waals surface area (Å²) in [5.41, 5.74) is 2.86. The van der Waals surface area contributed by atoms with E-state index >= 15 is 0 Å². The highest BCUT2D eigenvalue weighted by atomic mass is 32.2. The van der Waals surface area contributed by atoms with Gasteiger partial charge in [0.2, 0.25) is 15.9 Å². The van der Waals surface area contributed by atoms with Crippen LogP contribution in [0.4, 0.5) is 5.69 Å². The molecule has 9 heteroatoms. The molecule has 1 aromatic heterocycles. The molecule has 3 rings (SSSR count). The normalized spacial score (nSPS) is 11.4. The first kappa shape index (κ1) is 20.1. The minimum atomic E-state index is -3.32. The molecule has 0 radical (unpaired) electrons. The van der Waals surface area contributed by atoms with E-state index in [0.717, 1.165) is 5.56 Å². The Bertz CT molecular complexity index is 1060. The van der Waals surface area contributed by atoms with Crippen LogP contribution >= 0.6 is 11.8 Å². The van der Waals surface area contributed by atoms with Crippen molar-refractivity contribution < 1.29 is 17.6 Å². The lowest BCUT2D eigenvalue weighted by atomic mass is 10.1. The van der Waals surface area contributed by atoms with E-state index in [0.29, 0.717) is 27.9 Å². The van der Waals surface area contributed by atoms with Crippen molar-refractivity contribution in [2.75, 3.05) is 16.2 Å². The summed E-state index contributed by atoms with van der Waals surface area (Å²) >= 11 is 1.18. The van der Waals surface area contributed by atoms with Crippen LogP contribution in [-0.4, -0.2) is 35.9 Å². The standard InChI is InChI=1S/C19H19N3O4S2/c1-3-28(24,25)22-16-10-8-15(9-11-16)18-20-21-19(26-18)27-12-17(23)14-6-4-13(2)5-7-14/h4-11,22H,3,12H2,1-2H3. The monoisotopic (exact) mass is 417 g/mol. The van der Waals surface area contributed by atoms with Gasteiger partial charge >= 0.3 is 0 Å². The molecule has 3 aromatic rings. The molecule has 0 aliphatic rings. The Morgan fingerprint density at radius 2 is 1.75 bits per heavy atom. The van der Waals surface area contributed by atoms with Gasteiger partial charge < -0.3 is 4.42 Å². The summed E-state index contributed by atoms with van der Waals surface area (Å²) in [6, 6.07) is 14.0. The first-order valence-corrected chi connectivity index (χ1v) is 11.2. The van der Waals surface area contributed by atoms with Gasteiger partial charge in [-0.05, 0) is 38.1 Å². The lowest BCUT2D eigenvalue weighted by Gasteiger charge is -2.05. The van der Waals surface area contributed by atoms with Crippen LogP contribution in [0, 0.1) is 6.92 Å². The predicted molar refractivity (Wildman–Crippen MR) is 109 cm³/mol. The minimum absolute atomic E-state index is 0.000300. The summed E-state index contributed by atoms with van der Waals surface area (Å²) in [4.78, 5) is 12.2. The Labute approximate surface area is 167 Å². The topological polar surface area (TPSA) is 102 Å². The highest BCUT2D eigenvalue weighted by Crippen LogP contribution is 2.25. The average Bonchev–Trinajstić information content (AvgIpc) is 3.16. The van der Waals surface area contributed by atoms with E-state index < -0.39 is 10.0 Å². The Morgan fingerprint density at radius 3 is 2.39 bits per heavy atom. The van der Waals surface area contributed by atoms with Crippen LogP contribution in [0.1, 0.15) is 22.8 Å². The molecule has 1 N–H and O–H groups in total. The number of Topliss-reactive ketones (excluding diaryl/α,β-unsaturated/α-hetero) is 1. The zero-order valence-corrected chi connectivity index (χ0v) is 17.0. The molecule has 0 saturated carbocycles. The minimum Gasteiger partial charge on any atom is -0.411 e. The van der Waals surface area contributed by atoms with Crippen LogP contribution in [0.15, 0.2) is 58.2 Å². The van der Waals surface area contributed by atoms with Gasteiger partial charge in [0.15, 0.2) is 5.78 Å². The maximum Gasteiger partial charge on any atom is 0.277 e. The van der Waals surface area contributed by atoms with E-state index in [2.05, 4.69) is 14.9 Å². The Kier molecular flexibility index (Phi) is 6.15. The van der Waals surface area contributed by atoms with Crippen molar-refractivity contribution >= 4 is 33.3 Å². The van der Waals surface area contributed by atoms with E-state index in [1.807, 2.05) is 19.1 Å². The summed E-state index contributed by atoms with van der Waals surface area (Å²) in [6.07, 6.45) is 0. The van der Waals surface area contributed by atoms with Gasteiger partial charge in [0.1, 0.15) is 0 Å². The number of aryl methyl sites for hydroxylation is 1. The second-order valence-electron chi connectivity index (χ2n) is 6.03. The Balaban J connectivity index is 1.62. The van der Waals surface area contributed by atoms with Crippen LogP contribution in [0.5, 0.6) is 0 Å². The molecule has 0 amide bonds. The Hall–Kier alpha value is -2.65. The number of carbonyl (C=O) groups excluding carboxylic acids is 1. The fourth-order valence-electron chi connectivity index (χ4n) is 2.27. The number of hydrogen-bond donors (Lipinski definition) is 1. The molecule has 0 atom stereocenters. The summed E-state index contributed by atoms with van der Waals surface area (Å²) in [7, 11) is -3.32. The molecular formula is C19H19N3O4S2. The maximum atomic E-state index is 12.2. The number of benzene rings is 2. The second-order valence-corrected chi connectivity index (χ2v) is 8.97. The van der Waals surface area contributed by atoms with Crippen molar-refractivity contribution in [1.29, 1.82) is 0 Å². The fraction of sp³-hybridized carbons (Fsp3) is 0.211. The number of rotatable bonds is 8. The average molecular weight is 418 g/mol. The Morgan fingerprint density at radius 1 is 1.07 bits per heavy atom. The fourth-order valence-corrected chi connectivity index (χ4v) is 3.56. The number of carbonyl (C=O) groups is 1. The summed E-state index contributed by atoms with van der Waals surface area (Å²) in [5.74, 6) is 0.482. The van der Waals surface area contributed by atoms with Crippen LogP contribution in [0.25, 0.3) is 11.5 Å². The van der Waals surface area contributed by atoms with Gasteiger partial charge in [0.05, 0.1) is 11.5 Å². The van der Waals surface area contributed by atoms with E-state index in [4.69, 9.17) is 4.42 Å². The number of anilines is 1. The van der Waals surface area contributed by atoms with Crippen LogP contribution in [0.3, 0.4) is 0 Å². The molecule has 146 valence electrons. The number of sulfonamides is 1. The van der Waals surface area contributed by atoms with E-state index in [1.54, 1.807) is 43.3 Å². The lowest BCUT2D eigenvalue weighted by molar-refractivity contribution is 0.102. The number of hydrogen-bond acceptors (Lipinski definition) is 7. The van der Waals surface area contributed by atoms with Gasteiger partial charge in [-0.25, -0.2) is 8.42 Å². The third-order valence-corrected chi connectivity index (χ3v) is 6.02. The van der Waals surface area contributed by atoms with Crippen molar-refractivity contribution in [1.82, 2.24) is 10.2 Å². The number of ketones is 1. The summed E-state index contributed by atoms with van der Waals surface area (Å²) < 4.78 is 31.2. The van der Waals surface area contributed by atoms with Gasteiger partial charge in [0.25, 0.3) is 5.22 Å². The van der Waals surface area contributed by atoms with E-state index in [1.165, 1.54) is 11.8 Å². The van der Waals surface area contributed by atoms with Crippen molar-refractivity contribution in [3.05, 3.63) is 59.7 Å². The zero-order valence-electron chi connectivity index (χ0n) is 15.4. The largest absolute Gasteiger partial charge is 0.411 e. The smallest absolute Gasteiger partial charge is 0.277 e. The molecule has 0 fully saturated rings. The first-order valence-electron chi connectivity index (χ1n) is 8.53. The number of thioether (sulfide) groups is 1. The lowest BCUT2D eigenvalue weighted by Crippen LogP contribution is -2.14. The summed E-state index contributed by atoms with van der Waals surface area (Å²) in [5, 5.41) is 8.23. The second kappa shape index (κ2) is 8.57. The predicted octanol–water partition coefficient (Wildman–Crippen LogP) is 3.78. The van der Waals surface area contributed by atoms with Gasteiger partial charge in [-0.15, -0.1) is 10.2 Å². The molecule has 2 aromatic carbocycles. The van der Waals surface area contributed by atoms with Crippen LogP contribution in [0.2, 0.25) is 0 Å². The maximum absolute atomic E-state index is 12.2. The van der Waals surface area contributed by atoms with Crippen molar-refractivity contribution in [2.45, 2.75) is 19.1 Å². The highest BCUT2D eigenvalue weighted by molar-refractivity contribution is 7.99. The third kappa shape index (κ3) is 5.20. The van der Waals surface area contributed by atoms with Crippen LogP contribution < -0.4 is 4.72 Å². The molecule has 0 unspecified atom stereocenters. The number of aromatic nitrogens is 2. The van der Waals surface area contributed by atoms with Gasteiger partial charge in [-0.1, -0.05) is 41.6 Å². The number of nitrogens with zero attached hydrogens (tertiary/aromatic N) is 2. The van der Waals surface area contributed by atoms with Crippen molar-refractivity contribution in [2.24, 2.45) is 0 Å². The molecule has 7 nitrogen and oxygen atoms in total. The summed E-state index contributed by atoms with van der Waals surface area (Å²) in [6.45, 7) is 3.53. The first-order chi connectivity index (χ1) is 13.4. The third-order valence-electron chi connectivity index (χ3n) is 3.89. The quantitative estimate of drug-likeness (QED) is 0.439. The molecule has 0 aliphatic heterocycles. The van der Waals surface area contributed by atoms with Crippen LogP contribution in [-0.2, 0) is 10.0 Å². The molecular weight excluding hydrogens is 398 g/mol. The SMILES string of the molecule is CCS(=O)(=O)Nc1ccc(-c2nnc(SCC(=O)c3ccc(C)cc3)o2)cc1. The zero-order chi connectivity index (χ0) is 20.1. The highest BCUT2D eigenvalue weighted by Gasteiger charge is 2.13.